The van der Waals surface area contributed by atoms with Crippen molar-refractivity contribution in [3.05, 3.63) is 12.2 Å². The molecule has 0 aromatic carbocycles. The van der Waals surface area contributed by atoms with Crippen LogP contribution in [-0.2, 0) is 4.74 Å². The van der Waals surface area contributed by atoms with Crippen LogP contribution in [-0.4, -0.2) is 37.0 Å². The van der Waals surface area contributed by atoms with E-state index in [-0.39, 0.29) is 18.8 Å². The van der Waals surface area contributed by atoms with Crippen molar-refractivity contribution in [3.8, 4) is 0 Å². The zero-order valence-electron chi connectivity index (χ0n) is 8.65. The Morgan fingerprint density at radius 1 is 1.50 bits per heavy atom. The molecule has 0 saturated carbocycles. The van der Waals surface area contributed by atoms with Crippen LogP contribution in [0, 0.1) is 5.92 Å². The van der Waals surface area contributed by atoms with Crippen LogP contribution in [0.1, 0.15) is 19.3 Å². The van der Waals surface area contributed by atoms with Crippen LogP contribution in [0.15, 0.2) is 12.2 Å². The van der Waals surface area contributed by atoms with Gasteiger partial charge in [-0.25, -0.2) is 0 Å². The zero-order chi connectivity index (χ0) is 9.97. The first-order valence-electron chi connectivity index (χ1n) is 5.41. The molecular formula is C11H19NO2. The first kappa shape index (κ1) is 10.1. The van der Waals surface area contributed by atoms with Crippen LogP contribution in [0.25, 0.3) is 0 Å². The number of hydrogen-bond donors (Lipinski definition) is 2. The Balaban J connectivity index is 2.04. The summed E-state index contributed by atoms with van der Waals surface area (Å²) in [6.45, 7) is 0.239. The molecule has 3 heteroatoms. The van der Waals surface area contributed by atoms with E-state index >= 15 is 0 Å². The fourth-order valence-corrected chi connectivity index (χ4v) is 2.59. The summed E-state index contributed by atoms with van der Waals surface area (Å²) in [7, 11) is 1.75. The SMILES string of the molecule is COC1C=CC[C@@H]2CCC(CO)NC12. The van der Waals surface area contributed by atoms with E-state index in [1.807, 2.05) is 0 Å². The summed E-state index contributed by atoms with van der Waals surface area (Å²) >= 11 is 0. The molecule has 3 nitrogen and oxygen atoms in total. The summed E-state index contributed by atoms with van der Waals surface area (Å²) < 4.78 is 5.42. The highest BCUT2D eigenvalue weighted by molar-refractivity contribution is 5.07. The number of methoxy groups -OCH3 is 1. The van der Waals surface area contributed by atoms with Crippen LogP contribution in [0.3, 0.4) is 0 Å². The predicted molar refractivity (Wildman–Crippen MR) is 55.1 cm³/mol. The fourth-order valence-electron chi connectivity index (χ4n) is 2.59. The lowest BCUT2D eigenvalue weighted by molar-refractivity contribution is 0.0435. The Labute approximate surface area is 85.1 Å². The number of ether oxygens (including phenoxy) is 1. The van der Waals surface area contributed by atoms with Crippen molar-refractivity contribution in [1.82, 2.24) is 5.32 Å². The molecule has 1 aliphatic carbocycles. The lowest BCUT2D eigenvalue weighted by atomic mass is 9.79. The van der Waals surface area contributed by atoms with E-state index in [1.54, 1.807) is 7.11 Å². The standard InChI is InChI=1S/C11H19NO2/c1-14-10-4-2-3-8-5-6-9(7-13)12-11(8)10/h2,4,8-13H,3,5-7H2,1H3/t8-,9?,10?,11?/m1/s1. The second-order valence-corrected chi connectivity index (χ2v) is 4.27. The number of rotatable bonds is 2. The predicted octanol–water partition coefficient (Wildman–Crippen LogP) is 0.690. The first-order valence-corrected chi connectivity index (χ1v) is 5.41. The Hall–Kier alpha value is -0.380. The van der Waals surface area contributed by atoms with Gasteiger partial charge < -0.3 is 15.2 Å². The molecule has 0 spiro atoms. The van der Waals surface area contributed by atoms with Gasteiger partial charge in [-0.15, -0.1) is 0 Å². The Morgan fingerprint density at radius 3 is 3.07 bits per heavy atom. The van der Waals surface area contributed by atoms with Gasteiger partial charge in [-0.1, -0.05) is 12.2 Å². The van der Waals surface area contributed by atoms with Crippen molar-refractivity contribution in [2.75, 3.05) is 13.7 Å². The number of fused-ring (bicyclic) bond motifs is 1. The third-order valence-corrected chi connectivity index (χ3v) is 3.43. The van der Waals surface area contributed by atoms with Crippen molar-refractivity contribution in [2.24, 2.45) is 5.92 Å². The molecule has 80 valence electrons. The second-order valence-electron chi connectivity index (χ2n) is 4.27. The van der Waals surface area contributed by atoms with Gasteiger partial charge in [0.05, 0.1) is 12.7 Å². The summed E-state index contributed by atoms with van der Waals surface area (Å²) in [5.74, 6) is 0.688. The smallest absolute Gasteiger partial charge is 0.0907 e. The number of piperidine rings is 1. The van der Waals surface area contributed by atoms with Gasteiger partial charge in [0.1, 0.15) is 0 Å². The highest BCUT2D eigenvalue weighted by Crippen LogP contribution is 2.30. The Kier molecular flexibility index (Phi) is 3.21. The average molecular weight is 197 g/mol. The molecule has 0 amide bonds. The van der Waals surface area contributed by atoms with Crippen molar-refractivity contribution in [2.45, 2.75) is 37.5 Å². The Morgan fingerprint density at radius 2 is 2.36 bits per heavy atom. The number of aliphatic hydroxyl groups excluding tert-OH is 1. The minimum atomic E-state index is 0.183. The molecule has 0 radical (unpaired) electrons. The minimum Gasteiger partial charge on any atom is -0.395 e. The number of nitrogens with one attached hydrogen (secondary N) is 1. The molecule has 1 aliphatic heterocycles. The monoisotopic (exact) mass is 197 g/mol. The maximum Gasteiger partial charge on any atom is 0.0907 e. The molecule has 1 saturated heterocycles. The zero-order valence-corrected chi connectivity index (χ0v) is 8.65. The largest absolute Gasteiger partial charge is 0.395 e. The van der Waals surface area contributed by atoms with Crippen LogP contribution in [0.4, 0.5) is 0 Å². The van der Waals surface area contributed by atoms with E-state index in [4.69, 9.17) is 9.84 Å². The summed E-state index contributed by atoms with van der Waals surface area (Å²) in [5, 5.41) is 12.6. The second kappa shape index (κ2) is 4.43. The van der Waals surface area contributed by atoms with Crippen LogP contribution in [0.2, 0.25) is 0 Å². The van der Waals surface area contributed by atoms with Gasteiger partial charge in [0.2, 0.25) is 0 Å². The Bertz CT molecular complexity index is 217. The molecule has 1 heterocycles. The summed E-state index contributed by atoms with van der Waals surface area (Å²) in [6, 6.07) is 0.663. The average Bonchev–Trinajstić information content (AvgIpc) is 2.27. The third-order valence-electron chi connectivity index (χ3n) is 3.43. The van der Waals surface area contributed by atoms with Gasteiger partial charge in [0.25, 0.3) is 0 Å². The lowest BCUT2D eigenvalue weighted by Gasteiger charge is -2.41. The maximum absolute atomic E-state index is 9.12. The van der Waals surface area contributed by atoms with Crippen LogP contribution < -0.4 is 5.32 Å². The summed E-state index contributed by atoms with van der Waals surface area (Å²) in [4.78, 5) is 0. The van der Waals surface area contributed by atoms with Crippen LogP contribution in [0.5, 0.6) is 0 Å². The van der Waals surface area contributed by atoms with E-state index in [0.717, 1.165) is 12.8 Å². The van der Waals surface area contributed by atoms with E-state index < -0.39 is 0 Å². The van der Waals surface area contributed by atoms with Gasteiger partial charge in [-0.3, -0.25) is 0 Å². The highest BCUT2D eigenvalue weighted by atomic mass is 16.5. The topological polar surface area (TPSA) is 41.5 Å². The van der Waals surface area contributed by atoms with Crippen molar-refractivity contribution < 1.29 is 9.84 Å². The number of aliphatic hydroxyl groups is 1. The summed E-state index contributed by atoms with van der Waals surface area (Å²) in [6.07, 6.45) is 7.97. The normalized spacial score (nSPS) is 42.1. The lowest BCUT2D eigenvalue weighted by Crippen LogP contribution is -2.55. The van der Waals surface area contributed by atoms with Crippen LogP contribution >= 0.6 is 0 Å². The first-order chi connectivity index (χ1) is 6.85. The van der Waals surface area contributed by atoms with E-state index in [1.165, 1.54) is 6.42 Å². The quantitative estimate of drug-likeness (QED) is 0.640. The number of allylic oxidation sites excluding steroid dienone is 1. The molecule has 1 fully saturated rings. The van der Waals surface area contributed by atoms with E-state index in [9.17, 15) is 0 Å². The highest BCUT2D eigenvalue weighted by Gasteiger charge is 2.35. The molecule has 2 aliphatic rings. The molecule has 0 aromatic rings. The molecule has 3 unspecified atom stereocenters. The molecule has 14 heavy (non-hydrogen) atoms. The van der Waals surface area contributed by atoms with Crippen molar-refractivity contribution >= 4 is 0 Å². The van der Waals surface area contributed by atoms with E-state index in [0.29, 0.717) is 12.0 Å². The molecule has 0 aromatic heterocycles. The van der Waals surface area contributed by atoms with Gasteiger partial charge >= 0.3 is 0 Å². The van der Waals surface area contributed by atoms with Crippen molar-refractivity contribution in [1.29, 1.82) is 0 Å². The molecule has 2 rings (SSSR count). The molecular weight excluding hydrogens is 178 g/mol. The van der Waals surface area contributed by atoms with E-state index in [2.05, 4.69) is 17.5 Å². The minimum absolute atomic E-state index is 0.183. The van der Waals surface area contributed by atoms with Gasteiger partial charge in [-0.2, -0.15) is 0 Å². The maximum atomic E-state index is 9.12. The summed E-state index contributed by atoms with van der Waals surface area (Å²) in [5.41, 5.74) is 0. The van der Waals surface area contributed by atoms with Crippen molar-refractivity contribution in [3.63, 3.8) is 0 Å². The third kappa shape index (κ3) is 1.85. The molecule has 4 atom stereocenters. The van der Waals surface area contributed by atoms with Gasteiger partial charge in [0, 0.05) is 19.2 Å². The fraction of sp³-hybridized carbons (Fsp3) is 0.818. The molecule has 0 bridgehead atoms. The molecule has 2 N–H and O–H groups in total. The van der Waals surface area contributed by atoms with Gasteiger partial charge in [0.15, 0.2) is 0 Å². The number of hydrogen-bond acceptors (Lipinski definition) is 3. The van der Waals surface area contributed by atoms with Gasteiger partial charge in [-0.05, 0) is 25.2 Å².